The second kappa shape index (κ2) is 5.88. The van der Waals surface area contributed by atoms with Gasteiger partial charge in [-0.3, -0.25) is 9.88 Å². The third kappa shape index (κ3) is 2.90. The molecule has 0 bridgehead atoms. The lowest BCUT2D eigenvalue weighted by Gasteiger charge is -2.22. The Hall–Kier alpha value is -1.13. The average molecular weight is 263 g/mol. The highest BCUT2D eigenvalue weighted by Crippen LogP contribution is 2.28. The maximum atomic E-state index is 5.78. The highest BCUT2D eigenvalue weighted by Gasteiger charge is 2.28. The maximum absolute atomic E-state index is 5.78. The Morgan fingerprint density at radius 2 is 2.21 bits per heavy atom. The average Bonchev–Trinajstić information content (AvgIpc) is 2.74. The molecule has 2 rings (SSSR count). The molecule has 2 unspecified atom stereocenters. The summed E-state index contributed by atoms with van der Waals surface area (Å²) < 4.78 is 5.47. The third-order valence-electron chi connectivity index (χ3n) is 4.23. The summed E-state index contributed by atoms with van der Waals surface area (Å²) in [4.78, 5) is 7.06. The van der Waals surface area contributed by atoms with Gasteiger partial charge in [0.1, 0.15) is 5.75 Å². The maximum Gasteiger partial charge on any atom is 0.128 e. The van der Waals surface area contributed by atoms with Gasteiger partial charge in [0, 0.05) is 36.5 Å². The fraction of sp³-hybridized carbons (Fsp3) is 0.667. The molecule has 1 saturated heterocycles. The molecule has 0 radical (unpaired) electrons. The Bertz CT molecular complexity index is 447. The van der Waals surface area contributed by atoms with E-state index in [1.54, 1.807) is 7.11 Å². The molecular formula is C15H25N3O. The summed E-state index contributed by atoms with van der Waals surface area (Å²) in [5, 5.41) is 0. The summed E-state index contributed by atoms with van der Waals surface area (Å²) in [7, 11) is 1.72. The zero-order valence-corrected chi connectivity index (χ0v) is 12.4. The molecule has 0 amide bonds. The summed E-state index contributed by atoms with van der Waals surface area (Å²) in [6.07, 6.45) is 3.10. The molecule has 1 aliphatic rings. The first kappa shape index (κ1) is 14.3. The van der Waals surface area contributed by atoms with Crippen LogP contribution >= 0.6 is 0 Å². The SMILES string of the molecule is COc1c(C)cnc(CN2CC(CN)CC2C)c1C. The van der Waals surface area contributed by atoms with Gasteiger partial charge in [0.05, 0.1) is 12.8 Å². The molecule has 0 spiro atoms. The van der Waals surface area contributed by atoms with Crippen LogP contribution in [0.3, 0.4) is 0 Å². The van der Waals surface area contributed by atoms with Crippen molar-refractivity contribution in [2.75, 3.05) is 20.2 Å². The molecule has 19 heavy (non-hydrogen) atoms. The molecule has 106 valence electrons. The van der Waals surface area contributed by atoms with Gasteiger partial charge in [0.15, 0.2) is 0 Å². The van der Waals surface area contributed by atoms with Crippen molar-refractivity contribution < 1.29 is 4.74 Å². The van der Waals surface area contributed by atoms with E-state index in [0.29, 0.717) is 12.0 Å². The molecule has 2 atom stereocenters. The van der Waals surface area contributed by atoms with Gasteiger partial charge < -0.3 is 10.5 Å². The van der Waals surface area contributed by atoms with Crippen LogP contribution in [0.25, 0.3) is 0 Å². The molecule has 1 aromatic heterocycles. The van der Waals surface area contributed by atoms with Crippen molar-refractivity contribution in [1.29, 1.82) is 0 Å². The second-order valence-electron chi connectivity index (χ2n) is 5.66. The van der Waals surface area contributed by atoms with Crippen molar-refractivity contribution in [2.24, 2.45) is 11.7 Å². The van der Waals surface area contributed by atoms with E-state index in [2.05, 4.69) is 23.7 Å². The first-order valence-electron chi connectivity index (χ1n) is 7.00. The molecule has 4 nitrogen and oxygen atoms in total. The quantitative estimate of drug-likeness (QED) is 0.901. The lowest BCUT2D eigenvalue weighted by atomic mass is 10.1. The molecule has 1 fully saturated rings. The first-order chi connectivity index (χ1) is 9.06. The number of nitrogens with two attached hydrogens (primary N) is 1. The van der Waals surface area contributed by atoms with E-state index in [0.717, 1.165) is 42.2 Å². The van der Waals surface area contributed by atoms with Crippen LogP contribution in [-0.4, -0.2) is 36.1 Å². The number of nitrogens with zero attached hydrogens (tertiary/aromatic N) is 2. The first-order valence-corrected chi connectivity index (χ1v) is 7.00. The number of hydrogen-bond donors (Lipinski definition) is 1. The van der Waals surface area contributed by atoms with Crippen LogP contribution in [0.2, 0.25) is 0 Å². The predicted octanol–water partition coefficient (Wildman–Crippen LogP) is 1.88. The van der Waals surface area contributed by atoms with Crippen LogP contribution in [0, 0.1) is 19.8 Å². The minimum absolute atomic E-state index is 0.585. The van der Waals surface area contributed by atoms with E-state index in [-0.39, 0.29) is 0 Å². The minimum Gasteiger partial charge on any atom is -0.496 e. The lowest BCUT2D eigenvalue weighted by Crippen LogP contribution is -2.28. The Labute approximate surface area is 116 Å². The van der Waals surface area contributed by atoms with Crippen molar-refractivity contribution in [1.82, 2.24) is 9.88 Å². The van der Waals surface area contributed by atoms with Gasteiger partial charge in [-0.1, -0.05) is 0 Å². The predicted molar refractivity (Wildman–Crippen MR) is 77.3 cm³/mol. The van der Waals surface area contributed by atoms with Gasteiger partial charge >= 0.3 is 0 Å². The van der Waals surface area contributed by atoms with Gasteiger partial charge in [-0.2, -0.15) is 0 Å². The van der Waals surface area contributed by atoms with Crippen LogP contribution in [-0.2, 0) is 6.54 Å². The lowest BCUT2D eigenvalue weighted by molar-refractivity contribution is 0.251. The number of aromatic nitrogens is 1. The van der Waals surface area contributed by atoms with E-state index in [1.165, 1.54) is 6.42 Å². The Morgan fingerprint density at radius 3 is 2.79 bits per heavy atom. The van der Waals surface area contributed by atoms with Crippen LogP contribution in [0.15, 0.2) is 6.20 Å². The molecule has 0 saturated carbocycles. The van der Waals surface area contributed by atoms with E-state index in [4.69, 9.17) is 10.5 Å². The molecule has 1 aliphatic heterocycles. The van der Waals surface area contributed by atoms with Crippen LogP contribution in [0.1, 0.15) is 30.2 Å². The fourth-order valence-corrected chi connectivity index (χ4v) is 3.03. The standard InChI is InChI=1S/C15H25N3O/c1-10-7-17-14(12(3)15(10)19-4)9-18-8-13(6-16)5-11(18)2/h7,11,13H,5-6,8-9,16H2,1-4H3. The van der Waals surface area contributed by atoms with Crippen molar-refractivity contribution in [2.45, 2.75) is 39.8 Å². The van der Waals surface area contributed by atoms with Crippen molar-refractivity contribution in [3.8, 4) is 5.75 Å². The van der Waals surface area contributed by atoms with Crippen molar-refractivity contribution in [3.05, 3.63) is 23.0 Å². The van der Waals surface area contributed by atoms with Gasteiger partial charge in [0.2, 0.25) is 0 Å². The summed E-state index contributed by atoms with van der Waals surface area (Å²) in [5.41, 5.74) is 9.16. The van der Waals surface area contributed by atoms with Crippen molar-refractivity contribution in [3.63, 3.8) is 0 Å². The largest absolute Gasteiger partial charge is 0.496 e. The van der Waals surface area contributed by atoms with E-state index < -0.39 is 0 Å². The fourth-order valence-electron chi connectivity index (χ4n) is 3.03. The molecule has 1 aromatic rings. The zero-order valence-electron chi connectivity index (χ0n) is 12.4. The highest BCUT2D eigenvalue weighted by molar-refractivity contribution is 5.41. The Morgan fingerprint density at radius 1 is 1.47 bits per heavy atom. The van der Waals surface area contributed by atoms with Crippen molar-refractivity contribution >= 4 is 0 Å². The van der Waals surface area contributed by atoms with E-state index in [1.807, 2.05) is 13.1 Å². The monoisotopic (exact) mass is 263 g/mol. The topological polar surface area (TPSA) is 51.4 Å². The van der Waals surface area contributed by atoms with Crippen LogP contribution < -0.4 is 10.5 Å². The summed E-state index contributed by atoms with van der Waals surface area (Å²) in [5.74, 6) is 1.59. The van der Waals surface area contributed by atoms with Gasteiger partial charge in [-0.15, -0.1) is 0 Å². The van der Waals surface area contributed by atoms with Crippen LogP contribution in [0.4, 0.5) is 0 Å². The molecule has 0 aliphatic carbocycles. The Kier molecular flexibility index (Phi) is 4.42. The van der Waals surface area contributed by atoms with Gasteiger partial charge in [-0.05, 0) is 39.7 Å². The summed E-state index contributed by atoms with van der Waals surface area (Å²) in [6.45, 7) is 9.15. The number of rotatable bonds is 4. The van der Waals surface area contributed by atoms with E-state index >= 15 is 0 Å². The second-order valence-corrected chi connectivity index (χ2v) is 5.66. The number of methoxy groups -OCH3 is 1. The van der Waals surface area contributed by atoms with Gasteiger partial charge in [-0.25, -0.2) is 0 Å². The zero-order chi connectivity index (χ0) is 14.0. The number of pyridine rings is 1. The summed E-state index contributed by atoms with van der Waals surface area (Å²) >= 11 is 0. The third-order valence-corrected chi connectivity index (χ3v) is 4.23. The normalized spacial score (nSPS) is 23.8. The van der Waals surface area contributed by atoms with E-state index in [9.17, 15) is 0 Å². The number of hydrogen-bond acceptors (Lipinski definition) is 4. The Balaban J connectivity index is 2.16. The highest BCUT2D eigenvalue weighted by atomic mass is 16.5. The molecular weight excluding hydrogens is 238 g/mol. The van der Waals surface area contributed by atoms with Gasteiger partial charge in [0.25, 0.3) is 0 Å². The molecule has 2 heterocycles. The number of aryl methyl sites for hydroxylation is 1. The molecule has 2 N–H and O–H groups in total. The smallest absolute Gasteiger partial charge is 0.128 e. The van der Waals surface area contributed by atoms with Crippen LogP contribution in [0.5, 0.6) is 5.75 Å². The summed E-state index contributed by atoms with van der Waals surface area (Å²) in [6, 6.07) is 0.585. The number of ether oxygens (including phenoxy) is 1. The minimum atomic E-state index is 0.585. The molecule has 4 heteroatoms. The number of likely N-dealkylation sites (tertiary alicyclic amines) is 1. The molecule has 0 aromatic carbocycles.